The number of rotatable bonds is 3. The fourth-order valence-electron chi connectivity index (χ4n) is 2.63. The van der Waals surface area contributed by atoms with Gasteiger partial charge in [-0.25, -0.2) is 0 Å². The third kappa shape index (κ3) is 2.46. The molecule has 0 spiro atoms. The number of para-hydroxylation sites is 1. The highest BCUT2D eigenvalue weighted by Crippen LogP contribution is 2.38. The largest absolute Gasteiger partial charge is 0.488 e. The van der Waals surface area contributed by atoms with Crippen LogP contribution in [-0.4, -0.2) is 11.1 Å². The molecule has 0 saturated heterocycles. The number of aromatic nitrogens is 1. The standard InChI is InChI=1S/C18H14N2O3/c21-18(19-10-12-6-2-1-3-7-12)16-14-11-22-15-9-5-4-8-13(15)17(14)23-20-16/h1-9H,10-11H2,(H,19,21). The number of carbonyl (C=O) groups excluding carboxylic acids is 1. The maximum atomic E-state index is 12.4. The summed E-state index contributed by atoms with van der Waals surface area (Å²) in [6.07, 6.45) is 0. The minimum atomic E-state index is -0.262. The second kappa shape index (κ2) is 5.61. The lowest BCUT2D eigenvalue weighted by molar-refractivity contribution is 0.0940. The molecule has 2 aromatic carbocycles. The van der Waals surface area contributed by atoms with Crippen LogP contribution in [0.1, 0.15) is 21.6 Å². The molecule has 5 heteroatoms. The number of hydrogen-bond donors (Lipinski definition) is 1. The van der Waals surface area contributed by atoms with Gasteiger partial charge in [-0.1, -0.05) is 47.6 Å². The Balaban J connectivity index is 1.57. The molecule has 0 atom stereocenters. The zero-order valence-electron chi connectivity index (χ0n) is 12.3. The van der Waals surface area contributed by atoms with Crippen LogP contribution in [0.3, 0.4) is 0 Å². The zero-order chi connectivity index (χ0) is 15.6. The first kappa shape index (κ1) is 13.6. The Labute approximate surface area is 132 Å². The number of hydrogen-bond acceptors (Lipinski definition) is 4. The summed E-state index contributed by atoms with van der Waals surface area (Å²) in [7, 11) is 0. The van der Waals surface area contributed by atoms with Crippen molar-refractivity contribution in [3.05, 3.63) is 71.4 Å². The molecule has 1 aromatic heterocycles. The van der Waals surface area contributed by atoms with Crippen LogP contribution in [0.2, 0.25) is 0 Å². The third-order valence-electron chi connectivity index (χ3n) is 3.80. The van der Waals surface area contributed by atoms with Crippen LogP contribution in [0, 0.1) is 0 Å². The number of ether oxygens (including phenoxy) is 1. The number of fused-ring (bicyclic) bond motifs is 3. The molecule has 1 aliphatic rings. The van der Waals surface area contributed by atoms with E-state index >= 15 is 0 Å². The van der Waals surface area contributed by atoms with Crippen molar-refractivity contribution in [3.63, 3.8) is 0 Å². The summed E-state index contributed by atoms with van der Waals surface area (Å²) in [6.45, 7) is 0.725. The Bertz CT molecular complexity index is 856. The van der Waals surface area contributed by atoms with Gasteiger partial charge in [-0.05, 0) is 17.7 Å². The number of nitrogens with zero attached hydrogens (tertiary/aromatic N) is 1. The molecule has 23 heavy (non-hydrogen) atoms. The van der Waals surface area contributed by atoms with E-state index in [0.29, 0.717) is 17.9 Å². The van der Waals surface area contributed by atoms with E-state index in [4.69, 9.17) is 9.26 Å². The van der Waals surface area contributed by atoms with Gasteiger partial charge in [0.25, 0.3) is 5.91 Å². The van der Waals surface area contributed by atoms with Gasteiger partial charge < -0.3 is 14.6 Å². The summed E-state index contributed by atoms with van der Waals surface area (Å²) in [5.74, 6) is 1.09. The minimum Gasteiger partial charge on any atom is -0.488 e. The van der Waals surface area contributed by atoms with Gasteiger partial charge in [0, 0.05) is 6.54 Å². The first-order valence-corrected chi connectivity index (χ1v) is 7.36. The molecule has 1 aliphatic heterocycles. The molecule has 0 aliphatic carbocycles. The third-order valence-corrected chi connectivity index (χ3v) is 3.80. The highest BCUT2D eigenvalue weighted by atomic mass is 16.5. The van der Waals surface area contributed by atoms with Crippen LogP contribution in [0.15, 0.2) is 59.1 Å². The molecule has 0 bridgehead atoms. The Morgan fingerprint density at radius 2 is 1.87 bits per heavy atom. The van der Waals surface area contributed by atoms with Crippen molar-refractivity contribution >= 4 is 5.91 Å². The van der Waals surface area contributed by atoms with E-state index in [1.165, 1.54) is 0 Å². The molecule has 4 rings (SSSR count). The van der Waals surface area contributed by atoms with Gasteiger partial charge in [-0.2, -0.15) is 0 Å². The molecule has 0 fully saturated rings. The predicted octanol–water partition coefficient (Wildman–Crippen LogP) is 3.16. The lowest BCUT2D eigenvalue weighted by Gasteiger charge is -2.15. The van der Waals surface area contributed by atoms with Gasteiger partial charge in [-0.15, -0.1) is 0 Å². The van der Waals surface area contributed by atoms with Crippen molar-refractivity contribution in [2.45, 2.75) is 13.2 Å². The minimum absolute atomic E-state index is 0.262. The van der Waals surface area contributed by atoms with E-state index in [2.05, 4.69) is 10.5 Å². The van der Waals surface area contributed by atoms with E-state index in [1.54, 1.807) is 0 Å². The van der Waals surface area contributed by atoms with E-state index in [0.717, 1.165) is 16.9 Å². The number of benzene rings is 2. The van der Waals surface area contributed by atoms with Crippen molar-refractivity contribution in [2.24, 2.45) is 0 Å². The van der Waals surface area contributed by atoms with Crippen LogP contribution in [0.25, 0.3) is 11.3 Å². The fourth-order valence-corrected chi connectivity index (χ4v) is 2.63. The highest BCUT2D eigenvalue weighted by Gasteiger charge is 2.28. The van der Waals surface area contributed by atoms with E-state index in [-0.39, 0.29) is 18.2 Å². The van der Waals surface area contributed by atoms with E-state index < -0.39 is 0 Å². The second-order valence-electron chi connectivity index (χ2n) is 5.29. The normalized spacial score (nSPS) is 12.0. The molecule has 2 heterocycles. The summed E-state index contributed by atoms with van der Waals surface area (Å²) >= 11 is 0. The zero-order valence-corrected chi connectivity index (χ0v) is 12.3. The smallest absolute Gasteiger partial charge is 0.274 e. The molecule has 1 amide bonds. The van der Waals surface area contributed by atoms with Gasteiger partial charge in [0.05, 0.1) is 11.1 Å². The van der Waals surface area contributed by atoms with Crippen molar-refractivity contribution in [2.75, 3.05) is 0 Å². The Morgan fingerprint density at radius 1 is 1.09 bits per heavy atom. The fraction of sp³-hybridized carbons (Fsp3) is 0.111. The molecule has 0 unspecified atom stereocenters. The van der Waals surface area contributed by atoms with Gasteiger partial charge in [-0.3, -0.25) is 4.79 Å². The molecular formula is C18H14N2O3. The monoisotopic (exact) mass is 306 g/mol. The first-order chi connectivity index (χ1) is 11.3. The van der Waals surface area contributed by atoms with E-state index in [1.807, 2.05) is 54.6 Å². The summed E-state index contributed by atoms with van der Waals surface area (Å²) in [6, 6.07) is 17.3. The second-order valence-corrected chi connectivity index (χ2v) is 5.29. The summed E-state index contributed by atoms with van der Waals surface area (Å²) < 4.78 is 11.1. The van der Waals surface area contributed by atoms with Crippen LogP contribution < -0.4 is 10.1 Å². The topological polar surface area (TPSA) is 64.4 Å². The Hall–Kier alpha value is -3.08. The predicted molar refractivity (Wildman–Crippen MR) is 83.9 cm³/mol. The van der Waals surface area contributed by atoms with E-state index in [9.17, 15) is 4.79 Å². The summed E-state index contributed by atoms with van der Waals surface area (Å²) in [5, 5.41) is 6.80. The van der Waals surface area contributed by atoms with Gasteiger partial charge in [0.2, 0.25) is 0 Å². The molecule has 5 nitrogen and oxygen atoms in total. The van der Waals surface area contributed by atoms with Crippen molar-refractivity contribution < 1.29 is 14.1 Å². The quantitative estimate of drug-likeness (QED) is 0.807. The first-order valence-electron chi connectivity index (χ1n) is 7.36. The molecule has 0 radical (unpaired) electrons. The number of carbonyl (C=O) groups is 1. The van der Waals surface area contributed by atoms with Crippen LogP contribution in [0.5, 0.6) is 5.75 Å². The maximum absolute atomic E-state index is 12.4. The molecule has 1 N–H and O–H groups in total. The van der Waals surface area contributed by atoms with Gasteiger partial charge in [0.15, 0.2) is 11.5 Å². The van der Waals surface area contributed by atoms with Gasteiger partial charge >= 0.3 is 0 Å². The summed E-state index contributed by atoms with van der Waals surface area (Å²) in [4.78, 5) is 12.4. The molecule has 0 saturated carbocycles. The maximum Gasteiger partial charge on any atom is 0.274 e. The van der Waals surface area contributed by atoms with Crippen LogP contribution >= 0.6 is 0 Å². The van der Waals surface area contributed by atoms with Crippen LogP contribution in [-0.2, 0) is 13.2 Å². The van der Waals surface area contributed by atoms with Crippen molar-refractivity contribution in [3.8, 4) is 17.1 Å². The lowest BCUT2D eigenvalue weighted by Crippen LogP contribution is -2.24. The molecular weight excluding hydrogens is 292 g/mol. The highest BCUT2D eigenvalue weighted by molar-refractivity contribution is 5.95. The lowest BCUT2D eigenvalue weighted by atomic mass is 10.0. The number of amides is 1. The van der Waals surface area contributed by atoms with Gasteiger partial charge in [0.1, 0.15) is 12.4 Å². The van der Waals surface area contributed by atoms with Crippen LogP contribution in [0.4, 0.5) is 0 Å². The summed E-state index contributed by atoms with van der Waals surface area (Å²) in [5.41, 5.74) is 2.82. The molecule has 3 aromatic rings. The average molecular weight is 306 g/mol. The van der Waals surface area contributed by atoms with Crippen molar-refractivity contribution in [1.29, 1.82) is 0 Å². The SMILES string of the molecule is O=C(NCc1ccccc1)c1noc2c1COc1ccccc1-2. The number of nitrogens with one attached hydrogen (secondary N) is 1. The Morgan fingerprint density at radius 3 is 2.74 bits per heavy atom. The average Bonchev–Trinajstić information content (AvgIpc) is 3.05. The molecule has 114 valence electrons. The van der Waals surface area contributed by atoms with Crippen molar-refractivity contribution in [1.82, 2.24) is 10.5 Å². The Kier molecular flexibility index (Phi) is 3.31.